The van der Waals surface area contributed by atoms with Crippen LogP contribution in [0.3, 0.4) is 0 Å². The zero-order chi connectivity index (χ0) is 18.1. The van der Waals surface area contributed by atoms with Crippen molar-refractivity contribution >= 4 is 7.82 Å². The number of rotatable bonds is 17. The molecule has 1 rings (SSSR count). The van der Waals surface area contributed by atoms with Crippen molar-refractivity contribution in [2.75, 3.05) is 19.8 Å². The van der Waals surface area contributed by atoms with Gasteiger partial charge in [0.1, 0.15) is 0 Å². The van der Waals surface area contributed by atoms with Crippen LogP contribution < -0.4 is 0 Å². The maximum Gasteiger partial charge on any atom is 0.474 e. The van der Waals surface area contributed by atoms with Crippen molar-refractivity contribution < 1.29 is 18.1 Å². The Hall–Kier alpha value is -0.150. The second-order valence-corrected chi connectivity index (χ2v) is 8.55. The highest BCUT2D eigenvalue weighted by atomic mass is 31.2. The van der Waals surface area contributed by atoms with E-state index >= 15 is 0 Å². The number of hydrogen-bond acceptors (Lipinski definition) is 4. The van der Waals surface area contributed by atoms with Gasteiger partial charge in [0.2, 0.25) is 0 Å². The molecule has 0 aliphatic carbocycles. The molecule has 0 amide bonds. The smallest absolute Gasteiger partial charge is 0.287 e. The summed E-state index contributed by atoms with van der Waals surface area (Å²) in [7, 11) is -3.17. The molecule has 1 aliphatic rings. The van der Waals surface area contributed by atoms with Gasteiger partial charge >= 0.3 is 7.82 Å². The van der Waals surface area contributed by atoms with Gasteiger partial charge in [0, 0.05) is 0 Å². The molecule has 0 N–H and O–H groups in total. The SMILES string of the molecule is CCCCCCCC/C=C\CCCCCCCCOP1(=O)OCCO1. The van der Waals surface area contributed by atoms with Gasteiger partial charge in [0.15, 0.2) is 0 Å². The lowest BCUT2D eigenvalue weighted by Gasteiger charge is -2.09. The van der Waals surface area contributed by atoms with Crippen LogP contribution in [0, 0.1) is 0 Å². The Labute approximate surface area is 155 Å². The fourth-order valence-electron chi connectivity index (χ4n) is 2.94. The van der Waals surface area contributed by atoms with E-state index in [9.17, 15) is 4.57 Å². The molecule has 0 aromatic rings. The summed E-state index contributed by atoms with van der Waals surface area (Å²) in [6.45, 7) is 3.50. The molecule has 0 aromatic carbocycles. The van der Waals surface area contributed by atoms with Crippen molar-refractivity contribution in [3.05, 3.63) is 12.2 Å². The fraction of sp³-hybridized carbons (Fsp3) is 0.900. The summed E-state index contributed by atoms with van der Waals surface area (Å²) in [5, 5.41) is 0. The summed E-state index contributed by atoms with van der Waals surface area (Å²) in [5.41, 5.74) is 0. The van der Waals surface area contributed by atoms with E-state index < -0.39 is 7.82 Å². The predicted octanol–water partition coefficient (Wildman–Crippen LogP) is 7.20. The van der Waals surface area contributed by atoms with Gasteiger partial charge in [-0.15, -0.1) is 0 Å². The standard InChI is InChI=1S/C20H39O4P/c1-2-3-4-5-6-7-8-9-10-11-12-13-14-15-16-17-18-22-25(21)23-19-20-24-25/h9-10H,2-8,11-20H2,1H3/b10-9-. The van der Waals surface area contributed by atoms with Crippen LogP contribution in [0.4, 0.5) is 0 Å². The van der Waals surface area contributed by atoms with Gasteiger partial charge in [-0.2, -0.15) is 0 Å². The lowest BCUT2D eigenvalue weighted by molar-refractivity contribution is 0.187. The minimum Gasteiger partial charge on any atom is -0.287 e. The first kappa shape index (κ1) is 22.9. The molecule has 1 fully saturated rings. The summed E-state index contributed by atoms with van der Waals surface area (Å²) < 4.78 is 26.9. The van der Waals surface area contributed by atoms with Crippen LogP contribution in [0.25, 0.3) is 0 Å². The van der Waals surface area contributed by atoms with Gasteiger partial charge in [0.25, 0.3) is 0 Å². The van der Waals surface area contributed by atoms with Gasteiger partial charge in [0.05, 0.1) is 19.8 Å². The van der Waals surface area contributed by atoms with Crippen LogP contribution in [-0.2, 0) is 18.1 Å². The molecule has 1 heterocycles. The van der Waals surface area contributed by atoms with Crippen LogP contribution in [0.1, 0.15) is 96.8 Å². The Bertz CT molecular complexity index is 361. The van der Waals surface area contributed by atoms with Crippen LogP contribution in [0.2, 0.25) is 0 Å². The number of allylic oxidation sites excluding steroid dienone is 2. The fourth-order valence-corrected chi connectivity index (χ4v) is 4.11. The molecule has 0 saturated carbocycles. The minimum atomic E-state index is -3.17. The average Bonchev–Trinajstić information content (AvgIpc) is 3.04. The molecule has 5 heteroatoms. The van der Waals surface area contributed by atoms with Gasteiger partial charge < -0.3 is 0 Å². The summed E-state index contributed by atoms with van der Waals surface area (Å²) >= 11 is 0. The molecule has 0 spiro atoms. The van der Waals surface area contributed by atoms with Gasteiger partial charge in [-0.3, -0.25) is 13.6 Å². The molecular weight excluding hydrogens is 335 g/mol. The molecule has 1 saturated heterocycles. The number of phosphoric ester groups is 1. The quantitative estimate of drug-likeness (QED) is 0.153. The highest BCUT2D eigenvalue weighted by Crippen LogP contribution is 2.52. The van der Waals surface area contributed by atoms with E-state index in [-0.39, 0.29) is 0 Å². The second-order valence-electron chi connectivity index (χ2n) is 6.88. The average molecular weight is 375 g/mol. The molecule has 0 atom stereocenters. The Balaban J connectivity index is 1.74. The van der Waals surface area contributed by atoms with Gasteiger partial charge in [-0.25, -0.2) is 4.57 Å². The summed E-state index contributed by atoms with van der Waals surface area (Å²) in [6.07, 6.45) is 22.6. The number of unbranched alkanes of at least 4 members (excludes halogenated alkanes) is 12. The Morgan fingerprint density at radius 1 is 0.760 bits per heavy atom. The van der Waals surface area contributed by atoms with E-state index in [1.165, 1.54) is 77.0 Å². The molecular formula is C20H39O4P. The van der Waals surface area contributed by atoms with E-state index in [1.807, 2.05) is 0 Å². The van der Waals surface area contributed by atoms with Crippen LogP contribution in [-0.4, -0.2) is 19.8 Å². The molecule has 1 aliphatic heterocycles. The Kier molecular flexibility index (Phi) is 14.7. The highest BCUT2D eigenvalue weighted by molar-refractivity contribution is 7.48. The van der Waals surface area contributed by atoms with Crippen LogP contribution >= 0.6 is 7.82 Å². The third-order valence-corrected chi connectivity index (χ3v) is 5.98. The maximum atomic E-state index is 11.7. The van der Waals surface area contributed by atoms with E-state index in [0.717, 1.165) is 12.8 Å². The largest absolute Gasteiger partial charge is 0.474 e. The summed E-state index contributed by atoms with van der Waals surface area (Å²) in [5.74, 6) is 0. The molecule has 0 unspecified atom stereocenters. The Morgan fingerprint density at radius 2 is 1.24 bits per heavy atom. The Morgan fingerprint density at radius 3 is 1.80 bits per heavy atom. The van der Waals surface area contributed by atoms with Crippen molar-refractivity contribution in [2.45, 2.75) is 96.8 Å². The van der Waals surface area contributed by atoms with Gasteiger partial charge in [-0.05, 0) is 32.1 Å². The van der Waals surface area contributed by atoms with E-state index in [1.54, 1.807) is 0 Å². The molecule has 4 nitrogen and oxygen atoms in total. The van der Waals surface area contributed by atoms with Crippen molar-refractivity contribution in [1.29, 1.82) is 0 Å². The third kappa shape index (κ3) is 13.7. The highest BCUT2D eigenvalue weighted by Gasteiger charge is 2.31. The lowest BCUT2D eigenvalue weighted by atomic mass is 10.1. The number of phosphoric acid groups is 1. The monoisotopic (exact) mass is 374 g/mol. The van der Waals surface area contributed by atoms with Crippen molar-refractivity contribution in [3.8, 4) is 0 Å². The minimum absolute atomic E-state index is 0.380. The van der Waals surface area contributed by atoms with Crippen molar-refractivity contribution in [2.24, 2.45) is 0 Å². The zero-order valence-electron chi connectivity index (χ0n) is 16.3. The molecule has 148 valence electrons. The normalized spacial score (nSPS) is 16.8. The number of hydrogen-bond donors (Lipinski definition) is 0. The van der Waals surface area contributed by atoms with E-state index in [4.69, 9.17) is 13.6 Å². The van der Waals surface area contributed by atoms with E-state index in [0.29, 0.717) is 19.8 Å². The van der Waals surface area contributed by atoms with Gasteiger partial charge in [-0.1, -0.05) is 76.9 Å². The first-order valence-electron chi connectivity index (χ1n) is 10.5. The molecule has 0 radical (unpaired) electrons. The summed E-state index contributed by atoms with van der Waals surface area (Å²) in [6, 6.07) is 0. The van der Waals surface area contributed by atoms with E-state index in [2.05, 4.69) is 19.1 Å². The zero-order valence-corrected chi connectivity index (χ0v) is 17.2. The summed E-state index contributed by atoms with van der Waals surface area (Å²) in [4.78, 5) is 0. The van der Waals surface area contributed by atoms with Crippen molar-refractivity contribution in [3.63, 3.8) is 0 Å². The second kappa shape index (κ2) is 16.1. The first-order chi connectivity index (χ1) is 12.3. The van der Waals surface area contributed by atoms with Crippen LogP contribution in [0.5, 0.6) is 0 Å². The lowest BCUT2D eigenvalue weighted by Crippen LogP contribution is -1.93. The maximum absolute atomic E-state index is 11.7. The predicted molar refractivity (Wildman–Crippen MR) is 105 cm³/mol. The topological polar surface area (TPSA) is 44.8 Å². The third-order valence-electron chi connectivity index (χ3n) is 4.49. The van der Waals surface area contributed by atoms with Crippen molar-refractivity contribution in [1.82, 2.24) is 0 Å². The molecule has 0 aromatic heterocycles. The molecule has 25 heavy (non-hydrogen) atoms. The molecule has 0 bridgehead atoms. The first-order valence-corrected chi connectivity index (χ1v) is 11.9. The van der Waals surface area contributed by atoms with Crippen LogP contribution in [0.15, 0.2) is 12.2 Å².